The van der Waals surface area contributed by atoms with E-state index in [0.29, 0.717) is 6.42 Å². The SMILES string of the molecule is CCC(CC(=O)O)NC(=O)c1cccc([N+](=O)[O-])c1C. The minimum atomic E-state index is -1.01. The first kappa shape index (κ1) is 15.6. The molecule has 0 radical (unpaired) electrons. The zero-order valence-corrected chi connectivity index (χ0v) is 11.3. The van der Waals surface area contributed by atoms with E-state index in [2.05, 4.69) is 5.32 Å². The Morgan fingerprint density at radius 1 is 1.45 bits per heavy atom. The summed E-state index contributed by atoms with van der Waals surface area (Å²) >= 11 is 0. The van der Waals surface area contributed by atoms with Crippen molar-refractivity contribution < 1.29 is 19.6 Å². The number of hydrogen-bond donors (Lipinski definition) is 2. The first-order valence-corrected chi connectivity index (χ1v) is 6.13. The molecule has 20 heavy (non-hydrogen) atoms. The van der Waals surface area contributed by atoms with Gasteiger partial charge >= 0.3 is 5.97 Å². The fraction of sp³-hybridized carbons (Fsp3) is 0.385. The Balaban J connectivity index is 2.95. The third-order valence-electron chi connectivity index (χ3n) is 3.00. The van der Waals surface area contributed by atoms with Gasteiger partial charge in [-0.1, -0.05) is 13.0 Å². The number of amides is 1. The first-order valence-electron chi connectivity index (χ1n) is 6.13. The van der Waals surface area contributed by atoms with Crippen molar-refractivity contribution in [2.45, 2.75) is 32.7 Å². The smallest absolute Gasteiger partial charge is 0.305 e. The van der Waals surface area contributed by atoms with E-state index >= 15 is 0 Å². The van der Waals surface area contributed by atoms with Crippen LogP contribution in [-0.2, 0) is 4.79 Å². The largest absolute Gasteiger partial charge is 0.481 e. The van der Waals surface area contributed by atoms with E-state index in [4.69, 9.17) is 5.11 Å². The number of carboxylic acids is 1. The third kappa shape index (κ3) is 3.78. The molecular weight excluding hydrogens is 264 g/mol. The molecule has 2 N–H and O–H groups in total. The van der Waals surface area contributed by atoms with Crippen LogP contribution in [0.2, 0.25) is 0 Å². The highest BCUT2D eigenvalue weighted by Gasteiger charge is 2.20. The van der Waals surface area contributed by atoms with E-state index in [1.807, 2.05) is 0 Å². The van der Waals surface area contributed by atoms with Crippen LogP contribution in [0.1, 0.15) is 35.7 Å². The molecule has 0 saturated carbocycles. The maximum atomic E-state index is 12.1. The predicted octanol–water partition coefficient (Wildman–Crippen LogP) is 1.89. The van der Waals surface area contributed by atoms with Gasteiger partial charge in [0.1, 0.15) is 0 Å². The lowest BCUT2D eigenvalue weighted by molar-refractivity contribution is -0.385. The van der Waals surface area contributed by atoms with Crippen molar-refractivity contribution in [1.29, 1.82) is 0 Å². The van der Waals surface area contributed by atoms with Crippen LogP contribution < -0.4 is 5.32 Å². The predicted molar refractivity (Wildman–Crippen MR) is 71.6 cm³/mol. The van der Waals surface area contributed by atoms with E-state index in [9.17, 15) is 19.7 Å². The number of nitrogens with one attached hydrogen (secondary N) is 1. The van der Waals surface area contributed by atoms with Crippen molar-refractivity contribution in [2.75, 3.05) is 0 Å². The highest BCUT2D eigenvalue weighted by atomic mass is 16.6. The fourth-order valence-corrected chi connectivity index (χ4v) is 1.84. The topological polar surface area (TPSA) is 110 Å². The molecule has 7 heteroatoms. The summed E-state index contributed by atoms with van der Waals surface area (Å²) in [6.45, 7) is 3.25. The van der Waals surface area contributed by atoms with Crippen LogP contribution in [0.5, 0.6) is 0 Å². The van der Waals surface area contributed by atoms with Crippen molar-refractivity contribution in [1.82, 2.24) is 5.32 Å². The maximum absolute atomic E-state index is 12.1. The normalized spacial score (nSPS) is 11.7. The molecule has 0 spiro atoms. The van der Waals surface area contributed by atoms with Crippen molar-refractivity contribution in [3.63, 3.8) is 0 Å². The molecule has 7 nitrogen and oxygen atoms in total. The summed E-state index contributed by atoms with van der Waals surface area (Å²) < 4.78 is 0. The van der Waals surface area contributed by atoms with E-state index in [1.165, 1.54) is 25.1 Å². The molecule has 1 aromatic rings. The minimum Gasteiger partial charge on any atom is -0.481 e. The van der Waals surface area contributed by atoms with Gasteiger partial charge in [-0.25, -0.2) is 0 Å². The second-order valence-corrected chi connectivity index (χ2v) is 4.38. The molecule has 1 aromatic carbocycles. The highest BCUT2D eigenvalue weighted by Crippen LogP contribution is 2.21. The van der Waals surface area contributed by atoms with Gasteiger partial charge in [-0.15, -0.1) is 0 Å². The molecular formula is C13H16N2O5. The number of carbonyl (C=O) groups is 2. The Labute approximate surface area is 115 Å². The lowest BCUT2D eigenvalue weighted by atomic mass is 10.0. The molecule has 0 aromatic heterocycles. The molecule has 1 rings (SSSR count). The van der Waals surface area contributed by atoms with E-state index in [-0.39, 0.29) is 23.2 Å². The van der Waals surface area contributed by atoms with Crippen LogP contribution in [0, 0.1) is 17.0 Å². The minimum absolute atomic E-state index is 0.135. The Hall–Kier alpha value is -2.44. The van der Waals surface area contributed by atoms with E-state index < -0.39 is 22.8 Å². The average Bonchev–Trinajstić information content (AvgIpc) is 2.37. The molecule has 1 amide bonds. The second-order valence-electron chi connectivity index (χ2n) is 4.38. The van der Waals surface area contributed by atoms with Crippen molar-refractivity contribution in [2.24, 2.45) is 0 Å². The number of rotatable bonds is 6. The third-order valence-corrected chi connectivity index (χ3v) is 3.00. The summed E-state index contributed by atoms with van der Waals surface area (Å²) in [7, 11) is 0. The number of carbonyl (C=O) groups excluding carboxylic acids is 1. The summed E-state index contributed by atoms with van der Waals surface area (Å²) in [6, 6.07) is 3.72. The maximum Gasteiger partial charge on any atom is 0.305 e. The molecule has 0 bridgehead atoms. The standard InChI is InChI=1S/C13H16N2O5/c1-3-9(7-12(16)17)14-13(18)10-5-4-6-11(8(10)2)15(19)20/h4-6,9H,3,7H2,1-2H3,(H,14,18)(H,16,17). The quantitative estimate of drug-likeness (QED) is 0.610. The van der Waals surface area contributed by atoms with Crippen LogP contribution in [0.3, 0.4) is 0 Å². The van der Waals surface area contributed by atoms with Gasteiger partial charge in [0, 0.05) is 23.2 Å². The fourth-order valence-electron chi connectivity index (χ4n) is 1.84. The van der Waals surface area contributed by atoms with Gasteiger partial charge in [-0.3, -0.25) is 19.7 Å². The van der Waals surface area contributed by atoms with Crippen molar-refractivity contribution in [3.8, 4) is 0 Å². The molecule has 0 aliphatic heterocycles. The summed E-state index contributed by atoms with van der Waals surface area (Å²) in [5.41, 5.74) is 0.312. The van der Waals surface area contributed by atoms with Gasteiger partial charge in [-0.2, -0.15) is 0 Å². The number of hydrogen-bond acceptors (Lipinski definition) is 4. The summed E-state index contributed by atoms with van der Waals surface area (Å²) in [5.74, 6) is -1.51. The summed E-state index contributed by atoms with van der Waals surface area (Å²) in [6.07, 6.45) is 0.280. The molecule has 0 aliphatic rings. The van der Waals surface area contributed by atoms with Gasteiger partial charge in [0.2, 0.25) is 0 Å². The number of aliphatic carboxylic acids is 1. The van der Waals surface area contributed by atoms with Crippen molar-refractivity contribution >= 4 is 17.6 Å². The molecule has 0 fully saturated rings. The molecule has 0 aliphatic carbocycles. The Morgan fingerprint density at radius 3 is 2.60 bits per heavy atom. The zero-order chi connectivity index (χ0) is 15.3. The van der Waals surface area contributed by atoms with Gasteiger partial charge in [0.25, 0.3) is 11.6 Å². The molecule has 0 heterocycles. The summed E-state index contributed by atoms with van der Waals surface area (Å²) in [5, 5.41) is 22.1. The molecule has 108 valence electrons. The number of nitro groups is 1. The van der Waals surface area contributed by atoms with Gasteiger partial charge < -0.3 is 10.4 Å². The molecule has 1 unspecified atom stereocenters. The Morgan fingerprint density at radius 2 is 2.10 bits per heavy atom. The van der Waals surface area contributed by atoms with Gasteiger partial charge in [-0.05, 0) is 19.4 Å². The lowest BCUT2D eigenvalue weighted by Gasteiger charge is -2.15. The van der Waals surface area contributed by atoms with Crippen LogP contribution in [0.4, 0.5) is 5.69 Å². The Kier molecular flexibility index (Phi) is 5.19. The van der Waals surface area contributed by atoms with Crippen LogP contribution >= 0.6 is 0 Å². The molecule has 1 atom stereocenters. The van der Waals surface area contributed by atoms with Gasteiger partial charge in [0.15, 0.2) is 0 Å². The lowest BCUT2D eigenvalue weighted by Crippen LogP contribution is -2.36. The molecule has 0 saturated heterocycles. The van der Waals surface area contributed by atoms with Crippen LogP contribution in [-0.4, -0.2) is 27.9 Å². The van der Waals surface area contributed by atoms with Crippen LogP contribution in [0.15, 0.2) is 18.2 Å². The first-order chi connectivity index (χ1) is 9.36. The van der Waals surface area contributed by atoms with Crippen LogP contribution in [0.25, 0.3) is 0 Å². The zero-order valence-electron chi connectivity index (χ0n) is 11.3. The number of nitrogens with zero attached hydrogens (tertiary/aromatic N) is 1. The number of carboxylic acid groups (broad SMARTS) is 1. The Bertz CT molecular complexity index is 542. The van der Waals surface area contributed by atoms with E-state index in [1.54, 1.807) is 6.92 Å². The number of benzene rings is 1. The average molecular weight is 280 g/mol. The van der Waals surface area contributed by atoms with Crippen molar-refractivity contribution in [3.05, 3.63) is 39.4 Å². The highest BCUT2D eigenvalue weighted by molar-refractivity contribution is 5.96. The number of nitro benzene ring substituents is 1. The van der Waals surface area contributed by atoms with Gasteiger partial charge in [0.05, 0.1) is 11.3 Å². The summed E-state index contributed by atoms with van der Waals surface area (Å²) in [4.78, 5) is 33.0. The monoisotopic (exact) mass is 280 g/mol. The second kappa shape index (κ2) is 6.65. The van der Waals surface area contributed by atoms with E-state index in [0.717, 1.165) is 0 Å².